The number of alkyl carbamates (subject to hydrolysis) is 1. The molecule has 9 nitrogen and oxygen atoms in total. The number of unbranched alkanes of at least 4 members (excludes halogenated alkanes) is 1. The number of carbonyl (C=O) groups excluding carboxylic acids is 4. The second-order valence-corrected chi connectivity index (χ2v) is 10.3. The third-order valence-electron chi connectivity index (χ3n) is 5.41. The van der Waals surface area contributed by atoms with Gasteiger partial charge in [0.25, 0.3) is 0 Å². The zero-order valence-corrected chi connectivity index (χ0v) is 23.0. The predicted molar refractivity (Wildman–Crippen MR) is 138 cm³/mol. The van der Waals surface area contributed by atoms with E-state index in [1.165, 1.54) is 12.0 Å². The summed E-state index contributed by atoms with van der Waals surface area (Å²) in [5.41, 5.74) is 0.741. The van der Waals surface area contributed by atoms with Crippen molar-refractivity contribution in [2.24, 2.45) is 5.92 Å². The molecule has 0 heterocycles. The van der Waals surface area contributed by atoms with Crippen LogP contribution in [0.3, 0.4) is 0 Å². The van der Waals surface area contributed by atoms with Crippen molar-refractivity contribution in [3.05, 3.63) is 35.4 Å². The number of esters is 1. The molecule has 0 aromatic heterocycles. The molecule has 0 aliphatic rings. The molecular formula is C27H43N3O6. The van der Waals surface area contributed by atoms with E-state index >= 15 is 0 Å². The molecule has 0 bridgehead atoms. The molecule has 3 amide bonds. The van der Waals surface area contributed by atoms with Gasteiger partial charge < -0.3 is 25.0 Å². The van der Waals surface area contributed by atoms with E-state index in [-0.39, 0.29) is 18.4 Å². The van der Waals surface area contributed by atoms with Crippen LogP contribution in [0, 0.1) is 12.8 Å². The van der Waals surface area contributed by atoms with E-state index in [9.17, 15) is 19.2 Å². The molecule has 0 fully saturated rings. The third-order valence-corrected chi connectivity index (χ3v) is 5.41. The van der Waals surface area contributed by atoms with E-state index in [1.807, 2.05) is 39.8 Å². The van der Waals surface area contributed by atoms with Crippen molar-refractivity contribution in [1.82, 2.24) is 15.5 Å². The molecule has 1 aromatic rings. The first kappa shape index (κ1) is 30.9. The summed E-state index contributed by atoms with van der Waals surface area (Å²) < 4.78 is 10.1. The number of hydrogen-bond donors (Lipinski definition) is 2. The average molecular weight is 506 g/mol. The van der Waals surface area contributed by atoms with Crippen molar-refractivity contribution in [2.75, 3.05) is 20.2 Å². The fourth-order valence-corrected chi connectivity index (χ4v) is 3.71. The van der Waals surface area contributed by atoms with Crippen LogP contribution in [-0.2, 0) is 23.9 Å². The van der Waals surface area contributed by atoms with Gasteiger partial charge in [-0.3, -0.25) is 14.4 Å². The van der Waals surface area contributed by atoms with Gasteiger partial charge in [-0.25, -0.2) is 4.79 Å². The first-order chi connectivity index (χ1) is 16.8. The molecular weight excluding hydrogens is 462 g/mol. The van der Waals surface area contributed by atoms with Gasteiger partial charge in [-0.1, -0.05) is 51.5 Å². The largest absolute Gasteiger partial charge is 0.468 e. The van der Waals surface area contributed by atoms with Crippen molar-refractivity contribution in [3.8, 4) is 0 Å². The molecule has 1 aromatic carbocycles. The smallest absolute Gasteiger partial charge is 0.408 e. The minimum atomic E-state index is -0.995. The summed E-state index contributed by atoms with van der Waals surface area (Å²) in [6.45, 7) is 13.0. The van der Waals surface area contributed by atoms with Gasteiger partial charge in [-0.2, -0.15) is 0 Å². The fraction of sp³-hybridized carbons (Fsp3) is 0.630. The van der Waals surface area contributed by atoms with Gasteiger partial charge in [0.05, 0.1) is 7.11 Å². The van der Waals surface area contributed by atoms with E-state index in [2.05, 4.69) is 15.4 Å². The first-order valence-electron chi connectivity index (χ1n) is 12.5. The molecule has 36 heavy (non-hydrogen) atoms. The number of carbonyl (C=O) groups is 4. The Hall–Kier alpha value is -3.10. The second-order valence-electron chi connectivity index (χ2n) is 10.3. The molecule has 202 valence electrons. The summed E-state index contributed by atoms with van der Waals surface area (Å²) in [7, 11) is 1.24. The van der Waals surface area contributed by atoms with Crippen LogP contribution in [-0.4, -0.2) is 60.6 Å². The number of nitrogens with zero attached hydrogens (tertiary/aromatic N) is 1. The monoisotopic (exact) mass is 505 g/mol. The van der Waals surface area contributed by atoms with E-state index in [0.29, 0.717) is 24.9 Å². The quantitative estimate of drug-likeness (QED) is 0.417. The van der Waals surface area contributed by atoms with Gasteiger partial charge in [0, 0.05) is 6.54 Å². The lowest BCUT2D eigenvalue weighted by atomic mass is 9.96. The number of benzene rings is 1. The van der Waals surface area contributed by atoms with Crippen LogP contribution in [0.15, 0.2) is 24.3 Å². The van der Waals surface area contributed by atoms with Gasteiger partial charge in [0.1, 0.15) is 24.2 Å². The summed E-state index contributed by atoms with van der Waals surface area (Å²) in [5, 5.41) is 5.33. The van der Waals surface area contributed by atoms with Crippen LogP contribution in [0.1, 0.15) is 78.0 Å². The molecule has 2 N–H and O–H groups in total. The van der Waals surface area contributed by atoms with E-state index in [1.54, 1.807) is 32.9 Å². The van der Waals surface area contributed by atoms with Gasteiger partial charge in [0.2, 0.25) is 11.8 Å². The maximum Gasteiger partial charge on any atom is 0.408 e. The lowest BCUT2D eigenvalue weighted by Gasteiger charge is -2.35. The molecule has 0 saturated carbocycles. The highest BCUT2D eigenvalue weighted by Gasteiger charge is 2.37. The lowest BCUT2D eigenvalue weighted by Crippen LogP contribution is -2.54. The lowest BCUT2D eigenvalue weighted by molar-refractivity contribution is -0.145. The van der Waals surface area contributed by atoms with Crippen molar-refractivity contribution >= 4 is 23.9 Å². The van der Waals surface area contributed by atoms with Crippen LogP contribution in [0.5, 0.6) is 0 Å². The van der Waals surface area contributed by atoms with Crippen molar-refractivity contribution in [2.45, 2.75) is 85.4 Å². The summed E-state index contributed by atoms with van der Waals surface area (Å²) in [4.78, 5) is 53.3. The predicted octanol–water partition coefficient (Wildman–Crippen LogP) is 3.89. The Kier molecular flexibility index (Phi) is 12.4. The van der Waals surface area contributed by atoms with Crippen molar-refractivity contribution in [1.29, 1.82) is 0 Å². The highest BCUT2D eigenvalue weighted by Crippen LogP contribution is 2.27. The number of aryl methyl sites for hydroxylation is 1. The topological polar surface area (TPSA) is 114 Å². The number of amides is 3. The minimum Gasteiger partial charge on any atom is -0.468 e. The van der Waals surface area contributed by atoms with Gasteiger partial charge in [0.15, 0.2) is 0 Å². The van der Waals surface area contributed by atoms with Crippen LogP contribution < -0.4 is 10.6 Å². The highest BCUT2D eigenvalue weighted by atomic mass is 16.6. The van der Waals surface area contributed by atoms with E-state index in [4.69, 9.17) is 4.74 Å². The van der Waals surface area contributed by atoms with Crippen molar-refractivity contribution in [3.63, 3.8) is 0 Å². The molecule has 2 unspecified atom stereocenters. The summed E-state index contributed by atoms with van der Waals surface area (Å²) in [6.07, 6.45) is 1.12. The molecule has 1 rings (SSSR count). The second kappa shape index (κ2) is 14.5. The Morgan fingerprint density at radius 2 is 1.72 bits per heavy atom. The first-order valence-corrected chi connectivity index (χ1v) is 12.5. The van der Waals surface area contributed by atoms with Gasteiger partial charge in [-0.05, 0) is 57.6 Å². The highest BCUT2D eigenvalue weighted by molar-refractivity contribution is 5.93. The molecule has 0 aliphatic heterocycles. The Labute approximate surface area is 215 Å². The summed E-state index contributed by atoms with van der Waals surface area (Å²) in [6, 6.07) is 5.43. The normalized spacial score (nSPS) is 12.9. The van der Waals surface area contributed by atoms with Crippen LogP contribution in [0.4, 0.5) is 4.79 Å². The molecule has 0 radical (unpaired) electrons. The Morgan fingerprint density at radius 1 is 1.08 bits per heavy atom. The molecule has 2 atom stereocenters. The minimum absolute atomic E-state index is 0.0898. The summed E-state index contributed by atoms with van der Waals surface area (Å²) in [5.74, 6) is -1.39. The molecule has 0 aliphatic carbocycles. The van der Waals surface area contributed by atoms with Gasteiger partial charge >= 0.3 is 12.1 Å². The zero-order chi connectivity index (χ0) is 27.5. The number of rotatable bonds is 12. The zero-order valence-electron chi connectivity index (χ0n) is 23.0. The number of hydrogen-bond acceptors (Lipinski definition) is 6. The SMILES string of the molecule is CCCCN(C(=O)C(CC(C)C)NC(=O)OC(C)(C)C)C(C(=O)NCC(=O)OC)c1ccccc1C. The Bertz CT molecular complexity index is 894. The van der Waals surface area contributed by atoms with E-state index < -0.39 is 35.7 Å². The van der Waals surface area contributed by atoms with Crippen LogP contribution >= 0.6 is 0 Å². The molecule has 0 spiro atoms. The maximum absolute atomic E-state index is 14.0. The van der Waals surface area contributed by atoms with E-state index in [0.717, 1.165) is 12.0 Å². The van der Waals surface area contributed by atoms with Crippen LogP contribution in [0.2, 0.25) is 0 Å². The number of ether oxygens (including phenoxy) is 2. The number of methoxy groups -OCH3 is 1. The summed E-state index contributed by atoms with van der Waals surface area (Å²) >= 11 is 0. The Morgan fingerprint density at radius 3 is 2.25 bits per heavy atom. The average Bonchev–Trinajstić information content (AvgIpc) is 2.78. The fourth-order valence-electron chi connectivity index (χ4n) is 3.71. The molecule has 0 saturated heterocycles. The molecule has 9 heteroatoms. The van der Waals surface area contributed by atoms with Gasteiger partial charge in [-0.15, -0.1) is 0 Å². The Balaban J connectivity index is 3.47. The maximum atomic E-state index is 14.0. The number of nitrogens with one attached hydrogen (secondary N) is 2. The standard InChI is InChI=1S/C27H43N3O6/c1-9-10-15-30(25(33)21(16-18(2)3)29-26(34)36-27(5,6)7)23(20-14-12-11-13-19(20)4)24(32)28-17-22(31)35-8/h11-14,18,21,23H,9-10,15-17H2,1-8H3,(H,28,32)(H,29,34). The third kappa shape index (κ3) is 10.3. The van der Waals surface area contributed by atoms with Crippen molar-refractivity contribution < 1.29 is 28.7 Å². The van der Waals surface area contributed by atoms with Crippen LogP contribution in [0.25, 0.3) is 0 Å².